The minimum atomic E-state index is -0.826. The van der Waals surface area contributed by atoms with Crippen molar-refractivity contribution in [3.8, 4) is 28.0 Å². The summed E-state index contributed by atoms with van der Waals surface area (Å²) in [5, 5.41) is 5.29. The quantitative estimate of drug-likeness (QED) is 0.127. The zero-order valence-electron chi connectivity index (χ0n) is 38.2. The predicted octanol–water partition coefficient (Wildman–Crippen LogP) is 16.7. The Bertz CT molecular complexity index is 2190. The van der Waals surface area contributed by atoms with Crippen LogP contribution in [0.1, 0.15) is 122 Å². The van der Waals surface area contributed by atoms with E-state index in [2.05, 4.69) is 202 Å². The number of rotatable bonds is 3. The molecule has 0 aromatic heterocycles. The van der Waals surface area contributed by atoms with Gasteiger partial charge in [0.1, 0.15) is 5.75 Å². The van der Waals surface area contributed by atoms with Gasteiger partial charge in [-0.15, -0.1) is 56.9 Å². The average Bonchev–Trinajstić information content (AvgIpc) is 3.66. The molecule has 6 aromatic rings. The zero-order chi connectivity index (χ0) is 43.3. The molecule has 6 rings (SSSR count). The van der Waals surface area contributed by atoms with E-state index in [1.807, 2.05) is 7.11 Å². The van der Waals surface area contributed by atoms with Crippen LogP contribution in [0.2, 0.25) is 13.1 Å². The van der Waals surface area contributed by atoms with Gasteiger partial charge in [0, 0.05) is 9.52 Å². The SMILES string of the molecule is COc1c(C(C)(C)C)cc2[cH-]c(C)cc2c1-c1cc(C(C)(C)C)cc(C(C)(C)C)c1.C[Si]C.Cc1cc(-c2ccc(C(C)(C)C)cc2)c2cc(C)[cH-]c2c1.[Cl][Zr+2][Cl]. The molecular weight excluding hydrogens is 831 g/mol. The van der Waals surface area contributed by atoms with E-state index in [9.17, 15) is 0 Å². The van der Waals surface area contributed by atoms with Crippen LogP contribution in [0.3, 0.4) is 0 Å². The van der Waals surface area contributed by atoms with Gasteiger partial charge in [0.05, 0.1) is 7.11 Å². The number of ether oxygens (including phenoxy) is 1. The summed E-state index contributed by atoms with van der Waals surface area (Å²) in [6.45, 7) is 38.2. The molecule has 0 saturated heterocycles. The molecule has 2 radical (unpaired) electrons. The monoisotopic (exact) mass is 896 g/mol. The van der Waals surface area contributed by atoms with Gasteiger partial charge < -0.3 is 4.74 Å². The Morgan fingerprint density at radius 2 is 0.982 bits per heavy atom. The standard InChI is InChI=1S/C29H39O.C21H23.C2H6Si.2ClH.Zr/c1-18-12-19-16-24(29(8,9)10)26(30-11)25(23(19)13-18)20-14-21(27(2,3)4)17-22(15-20)28(5,6)7;1-14-10-17-11-15(2)13-20(17)19(12-14)16-6-8-18(9-7-16)21(3,4)5;1-3-2;;;/h12-17H,1-11H3;6-13H,1-5H3;1-2H3;2*1H;/q2*-1;;;;+4/p-2. The molecular formula is C52H68Cl2OSiZr. The first kappa shape index (κ1) is 48.9. The van der Waals surface area contributed by atoms with Gasteiger partial charge in [0.2, 0.25) is 0 Å². The Morgan fingerprint density at radius 3 is 1.40 bits per heavy atom. The maximum atomic E-state index is 6.13. The maximum absolute atomic E-state index is 6.13. The number of benzene rings is 4. The van der Waals surface area contributed by atoms with Crippen molar-refractivity contribution in [2.24, 2.45) is 0 Å². The van der Waals surface area contributed by atoms with Gasteiger partial charge in [-0.1, -0.05) is 170 Å². The fourth-order valence-corrected chi connectivity index (χ4v) is 7.19. The van der Waals surface area contributed by atoms with Gasteiger partial charge in [-0.2, -0.15) is 12.1 Å². The molecule has 0 atom stereocenters. The molecule has 1 nitrogen and oxygen atoms in total. The molecule has 0 N–H and O–H groups in total. The summed E-state index contributed by atoms with van der Waals surface area (Å²) < 4.78 is 6.13. The Labute approximate surface area is 368 Å². The second-order valence-electron chi connectivity index (χ2n) is 19.7. The Hall–Kier alpha value is -2.42. The number of halogens is 2. The number of aryl methyl sites for hydroxylation is 3. The summed E-state index contributed by atoms with van der Waals surface area (Å²) in [6, 6.07) is 32.3. The topological polar surface area (TPSA) is 9.23 Å². The zero-order valence-corrected chi connectivity index (χ0v) is 43.2. The van der Waals surface area contributed by atoms with Crippen molar-refractivity contribution >= 4 is 48.1 Å². The van der Waals surface area contributed by atoms with Crippen molar-refractivity contribution in [3.63, 3.8) is 0 Å². The summed E-state index contributed by atoms with van der Waals surface area (Å²) in [6.07, 6.45) is 0. The van der Waals surface area contributed by atoms with Crippen LogP contribution >= 0.6 is 17.0 Å². The molecule has 0 amide bonds. The van der Waals surface area contributed by atoms with Crippen LogP contribution in [0.15, 0.2) is 84.9 Å². The van der Waals surface area contributed by atoms with Crippen LogP contribution in [0, 0.1) is 20.8 Å². The predicted molar refractivity (Wildman–Crippen MR) is 255 cm³/mol. The van der Waals surface area contributed by atoms with E-state index in [0.29, 0.717) is 0 Å². The van der Waals surface area contributed by atoms with E-state index in [4.69, 9.17) is 21.8 Å². The van der Waals surface area contributed by atoms with Crippen LogP contribution in [-0.2, 0) is 42.5 Å². The van der Waals surface area contributed by atoms with Crippen LogP contribution in [0.5, 0.6) is 5.75 Å². The first-order valence-corrected chi connectivity index (χ1v) is 28.4. The summed E-state index contributed by atoms with van der Waals surface area (Å²) in [5.74, 6) is 1.01. The molecule has 0 spiro atoms. The normalized spacial score (nSPS) is 11.9. The summed E-state index contributed by atoms with van der Waals surface area (Å²) in [5.41, 5.74) is 14.8. The number of methoxy groups -OCH3 is 1. The van der Waals surface area contributed by atoms with Crippen molar-refractivity contribution in [1.29, 1.82) is 0 Å². The molecule has 5 heteroatoms. The summed E-state index contributed by atoms with van der Waals surface area (Å²) >= 11 is -0.826. The van der Waals surface area contributed by atoms with Crippen molar-refractivity contribution < 1.29 is 25.6 Å². The van der Waals surface area contributed by atoms with E-state index < -0.39 is 20.8 Å². The third-order valence-corrected chi connectivity index (χ3v) is 10.2. The Balaban J connectivity index is 0.000000280. The van der Waals surface area contributed by atoms with E-state index in [0.717, 1.165) is 15.3 Å². The van der Waals surface area contributed by atoms with Crippen molar-refractivity contribution in [1.82, 2.24) is 0 Å². The molecule has 6 aromatic carbocycles. The van der Waals surface area contributed by atoms with E-state index in [1.165, 1.54) is 82.7 Å². The van der Waals surface area contributed by atoms with Gasteiger partial charge in [-0.05, 0) is 67.5 Å². The number of hydrogen-bond donors (Lipinski definition) is 0. The third-order valence-electron chi connectivity index (χ3n) is 10.2. The molecule has 0 aliphatic rings. The van der Waals surface area contributed by atoms with E-state index in [1.54, 1.807) is 0 Å². The second-order valence-corrected chi connectivity index (χ2v) is 24.4. The third kappa shape index (κ3) is 12.8. The van der Waals surface area contributed by atoms with Crippen molar-refractivity contribution in [2.45, 2.75) is 139 Å². The van der Waals surface area contributed by atoms with Crippen LogP contribution in [-0.4, -0.2) is 16.6 Å². The van der Waals surface area contributed by atoms with E-state index in [-0.39, 0.29) is 21.7 Å². The molecule has 0 fully saturated rings. The van der Waals surface area contributed by atoms with Crippen molar-refractivity contribution in [2.75, 3.05) is 7.11 Å². The molecule has 304 valence electrons. The van der Waals surface area contributed by atoms with Crippen molar-refractivity contribution in [3.05, 3.63) is 124 Å². The molecule has 0 bridgehead atoms. The molecule has 0 heterocycles. The fourth-order valence-electron chi connectivity index (χ4n) is 7.19. The molecule has 0 saturated carbocycles. The minimum absolute atomic E-state index is 0.00600. The van der Waals surface area contributed by atoms with Gasteiger partial charge in [0.25, 0.3) is 0 Å². The molecule has 57 heavy (non-hydrogen) atoms. The number of fused-ring (bicyclic) bond motifs is 2. The van der Waals surface area contributed by atoms with E-state index >= 15 is 0 Å². The molecule has 0 aliphatic heterocycles. The Morgan fingerprint density at radius 1 is 0.544 bits per heavy atom. The fraction of sp³-hybridized carbons (Fsp3) is 0.423. The van der Waals surface area contributed by atoms with Crippen LogP contribution in [0.25, 0.3) is 43.8 Å². The Kier molecular flexibility index (Phi) is 17.0. The van der Waals surface area contributed by atoms with Crippen LogP contribution in [0.4, 0.5) is 0 Å². The first-order chi connectivity index (χ1) is 26.3. The average molecular weight is 899 g/mol. The van der Waals surface area contributed by atoms with Gasteiger partial charge >= 0.3 is 37.9 Å². The van der Waals surface area contributed by atoms with Gasteiger partial charge in [-0.3, -0.25) is 0 Å². The number of hydrogen-bond acceptors (Lipinski definition) is 1. The summed E-state index contributed by atoms with van der Waals surface area (Å²) in [4.78, 5) is 0. The second kappa shape index (κ2) is 19.8. The first-order valence-electron chi connectivity index (χ1n) is 20.1. The van der Waals surface area contributed by atoms with Crippen LogP contribution < -0.4 is 4.74 Å². The van der Waals surface area contributed by atoms with Gasteiger partial charge in [0.15, 0.2) is 0 Å². The molecule has 0 aliphatic carbocycles. The van der Waals surface area contributed by atoms with Gasteiger partial charge in [-0.25, -0.2) is 0 Å². The summed E-state index contributed by atoms with van der Waals surface area (Å²) in [7, 11) is 12.8. The molecule has 0 unspecified atom stereocenters.